The van der Waals surface area contributed by atoms with Crippen molar-refractivity contribution >= 4 is 94.3 Å². The predicted octanol–water partition coefficient (Wildman–Crippen LogP) is 8.46. The molecule has 4 aromatic rings. The molecule has 0 spiro atoms. The van der Waals surface area contributed by atoms with E-state index in [-0.39, 0.29) is 5.91 Å². The number of benzene rings is 3. The number of carbonyl (C=O) groups excluding carboxylic acids is 1. The molecule has 0 aliphatic heterocycles. The quantitative estimate of drug-likeness (QED) is 0.230. The Hall–Kier alpha value is -1.90. The van der Waals surface area contributed by atoms with Crippen LogP contribution in [0, 0.1) is 0 Å². The van der Waals surface area contributed by atoms with Crippen LogP contribution in [0.4, 0.5) is 5.69 Å². The highest BCUT2D eigenvalue weighted by atomic mass is 79.9. The Bertz CT molecular complexity index is 1340. The van der Waals surface area contributed by atoms with Crippen molar-refractivity contribution in [3.8, 4) is 16.3 Å². The fraction of sp³-hybridized carbons (Fsp3) is 0.0435. The molecule has 0 bridgehead atoms. The number of rotatable bonds is 5. The molecule has 0 saturated carbocycles. The van der Waals surface area contributed by atoms with Gasteiger partial charge in [-0.05, 0) is 58.4 Å². The average molecular weight is 613 g/mol. The first-order valence-electron chi connectivity index (χ1n) is 9.23. The zero-order valence-electron chi connectivity index (χ0n) is 16.5. The second kappa shape index (κ2) is 9.93. The Morgan fingerprint density at radius 3 is 2.69 bits per heavy atom. The molecule has 0 atom stereocenters. The summed E-state index contributed by atoms with van der Waals surface area (Å²) in [4.78, 5) is 17.5. The van der Waals surface area contributed by atoms with Crippen LogP contribution in [-0.2, 0) is 4.79 Å². The van der Waals surface area contributed by atoms with Crippen molar-refractivity contribution in [2.45, 2.75) is 0 Å². The minimum atomic E-state index is -0.352. The number of nitrogens with one attached hydrogen (secondary N) is 1. The molecular formula is C23H14Br2Cl2N2O2S. The molecule has 9 heteroatoms. The molecule has 3 aromatic carbocycles. The SMILES string of the molecule is COc1c(Br)cc(Br)cc1/C=C/C(=O)Nc1c(Cl)cc(Cl)cc1-c1nc2ccccc2s1. The number of methoxy groups -OCH3 is 1. The average Bonchev–Trinajstić information content (AvgIpc) is 3.17. The third-order valence-corrected chi connectivity index (χ3v) is 7.12. The molecule has 0 unspecified atom stereocenters. The molecule has 0 fully saturated rings. The van der Waals surface area contributed by atoms with Crippen LogP contribution in [-0.4, -0.2) is 18.0 Å². The van der Waals surface area contributed by atoms with Gasteiger partial charge in [0.05, 0.1) is 32.5 Å². The van der Waals surface area contributed by atoms with E-state index in [1.807, 2.05) is 36.4 Å². The van der Waals surface area contributed by atoms with E-state index in [0.717, 1.165) is 24.7 Å². The molecule has 1 amide bonds. The molecule has 1 N–H and O–H groups in total. The Morgan fingerprint density at radius 2 is 1.94 bits per heavy atom. The van der Waals surface area contributed by atoms with E-state index < -0.39 is 0 Å². The van der Waals surface area contributed by atoms with Gasteiger partial charge in [-0.2, -0.15) is 0 Å². The van der Waals surface area contributed by atoms with Gasteiger partial charge in [-0.3, -0.25) is 4.79 Å². The van der Waals surface area contributed by atoms with Gasteiger partial charge in [0, 0.05) is 26.7 Å². The Kier molecular flexibility index (Phi) is 7.22. The van der Waals surface area contributed by atoms with Crippen molar-refractivity contribution in [1.29, 1.82) is 0 Å². The monoisotopic (exact) mass is 610 g/mol. The molecule has 32 heavy (non-hydrogen) atoms. The van der Waals surface area contributed by atoms with Crippen LogP contribution in [0.3, 0.4) is 0 Å². The lowest BCUT2D eigenvalue weighted by Gasteiger charge is -2.11. The number of hydrogen-bond donors (Lipinski definition) is 1. The van der Waals surface area contributed by atoms with Crippen LogP contribution in [0.2, 0.25) is 10.0 Å². The summed E-state index contributed by atoms with van der Waals surface area (Å²) in [5.74, 6) is 0.270. The fourth-order valence-electron chi connectivity index (χ4n) is 3.11. The van der Waals surface area contributed by atoms with Gasteiger partial charge in [0.2, 0.25) is 5.91 Å². The van der Waals surface area contributed by atoms with E-state index in [0.29, 0.717) is 32.1 Å². The van der Waals surface area contributed by atoms with Gasteiger partial charge in [-0.15, -0.1) is 11.3 Å². The number of thiazole rings is 1. The summed E-state index contributed by atoms with van der Waals surface area (Å²) in [6.45, 7) is 0. The zero-order valence-corrected chi connectivity index (χ0v) is 22.0. The van der Waals surface area contributed by atoms with Crippen LogP contribution in [0.15, 0.2) is 63.6 Å². The Labute approximate surface area is 215 Å². The number of amides is 1. The van der Waals surface area contributed by atoms with Crippen LogP contribution >= 0.6 is 66.4 Å². The highest BCUT2D eigenvalue weighted by Crippen LogP contribution is 2.40. The number of fused-ring (bicyclic) bond motifs is 1. The maximum atomic E-state index is 12.8. The van der Waals surface area contributed by atoms with E-state index in [4.69, 9.17) is 27.9 Å². The molecule has 1 heterocycles. The number of halogens is 4. The van der Waals surface area contributed by atoms with E-state index in [2.05, 4.69) is 42.2 Å². The molecular weight excluding hydrogens is 599 g/mol. The third kappa shape index (κ3) is 5.02. The number of anilines is 1. The maximum Gasteiger partial charge on any atom is 0.248 e. The van der Waals surface area contributed by atoms with Gasteiger partial charge in [0.15, 0.2) is 0 Å². The molecule has 0 aliphatic rings. The van der Waals surface area contributed by atoms with E-state index in [1.54, 1.807) is 25.3 Å². The molecule has 4 rings (SSSR count). The van der Waals surface area contributed by atoms with Gasteiger partial charge in [0.1, 0.15) is 10.8 Å². The van der Waals surface area contributed by atoms with E-state index in [9.17, 15) is 4.79 Å². The van der Waals surface area contributed by atoms with Gasteiger partial charge in [-0.1, -0.05) is 51.3 Å². The van der Waals surface area contributed by atoms with Crippen LogP contribution in [0.5, 0.6) is 5.75 Å². The van der Waals surface area contributed by atoms with Gasteiger partial charge in [0.25, 0.3) is 0 Å². The topological polar surface area (TPSA) is 51.2 Å². The molecule has 0 saturated heterocycles. The van der Waals surface area contributed by atoms with Gasteiger partial charge >= 0.3 is 0 Å². The number of ether oxygens (including phenoxy) is 1. The summed E-state index contributed by atoms with van der Waals surface area (Å²) in [7, 11) is 1.57. The summed E-state index contributed by atoms with van der Waals surface area (Å²) in [5, 5.41) is 4.38. The van der Waals surface area contributed by atoms with Crippen molar-refractivity contribution in [3.05, 3.63) is 79.2 Å². The molecule has 1 aromatic heterocycles. The molecule has 4 nitrogen and oxygen atoms in total. The Balaban J connectivity index is 1.68. The smallest absolute Gasteiger partial charge is 0.248 e. The summed E-state index contributed by atoms with van der Waals surface area (Å²) in [5.41, 5.74) is 2.71. The first-order chi connectivity index (χ1) is 15.4. The van der Waals surface area contributed by atoms with Crippen LogP contribution in [0.1, 0.15) is 5.56 Å². The van der Waals surface area contributed by atoms with Crippen LogP contribution in [0.25, 0.3) is 26.9 Å². The summed E-state index contributed by atoms with van der Waals surface area (Å²) in [6, 6.07) is 14.9. The fourth-order valence-corrected chi connectivity index (χ4v) is 6.06. The normalized spacial score (nSPS) is 11.3. The van der Waals surface area contributed by atoms with E-state index >= 15 is 0 Å². The summed E-state index contributed by atoms with van der Waals surface area (Å²) < 4.78 is 8.08. The lowest BCUT2D eigenvalue weighted by atomic mass is 10.1. The number of nitrogens with zero attached hydrogens (tertiary/aromatic N) is 1. The van der Waals surface area contributed by atoms with Crippen molar-refractivity contribution < 1.29 is 9.53 Å². The summed E-state index contributed by atoms with van der Waals surface area (Å²) in [6.07, 6.45) is 3.09. The molecule has 0 radical (unpaired) electrons. The van der Waals surface area contributed by atoms with Gasteiger partial charge in [-0.25, -0.2) is 4.98 Å². The third-order valence-electron chi connectivity index (χ3n) is 4.48. The molecule has 0 aliphatic carbocycles. The maximum absolute atomic E-state index is 12.8. The number of hydrogen-bond acceptors (Lipinski definition) is 4. The highest BCUT2D eigenvalue weighted by Gasteiger charge is 2.17. The zero-order chi connectivity index (χ0) is 22.8. The van der Waals surface area contributed by atoms with Crippen LogP contribution < -0.4 is 10.1 Å². The van der Waals surface area contributed by atoms with Gasteiger partial charge < -0.3 is 10.1 Å². The van der Waals surface area contributed by atoms with Crippen molar-refractivity contribution in [1.82, 2.24) is 4.98 Å². The summed E-state index contributed by atoms with van der Waals surface area (Å²) >= 11 is 21.1. The number of aromatic nitrogens is 1. The first-order valence-corrected chi connectivity index (χ1v) is 12.4. The lowest BCUT2D eigenvalue weighted by Crippen LogP contribution is -2.09. The minimum Gasteiger partial charge on any atom is -0.495 e. The highest BCUT2D eigenvalue weighted by molar-refractivity contribution is 9.11. The van der Waals surface area contributed by atoms with E-state index in [1.165, 1.54) is 17.4 Å². The first kappa shape index (κ1) is 23.3. The van der Waals surface area contributed by atoms with Crippen molar-refractivity contribution in [2.75, 3.05) is 12.4 Å². The van der Waals surface area contributed by atoms with Crippen molar-refractivity contribution in [2.24, 2.45) is 0 Å². The minimum absolute atomic E-state index is 0.330. The predicted molar refractivity (Wildman–Crippen MR) is 141 cm³/mol. The number of carbonyl (C=O) groups is 1. The second-order valence-electron chi connectivity index (χ2n) is 6.63. The van der Waals surface area contributed by atoms with Crippen molar-refractivity contribution in [3.63, 3.8) is 0 Å². The largest absolute Gasteiger partial charge is 0.495 e. The Morgan fingerprint density at radius 1 is 1.16 bits per heavy atom. The number of para-hydroxylation sites is 1. The standard InChI is InChI=1S/C23H14Br2Cl2N2O2S/c1-31-22-12(8-13(24)9-16(22)25)6-7-20(30)29-21-15(10-14(26)11-17(21)27)23-28-18-4-2-3-5-19(18)32-23/h2-11H,1H3,(H,29,30)/b7-6+. The lowest BCUT2D eigenvalue weighted by molar-refractivity contribution is -0.111. The second-order valence-corrected chi connectivity index (χ2v) is 10.3. The molecule has 162 valence electrons.